The van der Waals surface area contributed by atoms with Gasteiger partial charge in [-0.05, 0) is 49.8 Å². The van der Waals surface area contributed by atoms with Gasteiger partial charge in [0.2, 0.25) is 0 Å². The first-order chi connectivity index (χ1) is 16.9. The number of H-pyrrole nitrogens is 1. The molecule has 0 amide bonds. The number of halogens is 1. The van der Waals surface area contributed by atoms with Crippen LogP contribution in [0.4, 0.5) is 4.39 Å². The van der Waals surface area contributed by atoms with Crippen molar-refractivity contribution < 1.29 is 9.18 Å². The predicted molar refractivity (Wildman–Crippen MR) is 129 cm³/mol. The molecule has 2 aromatic heterocycles. The van der Waals surface area contributed by atoms with Crippen LogP contribution in [0.2, 0.25) is 0 Å². The number of aromatic nitrogens is 4. The van der Waals surface area contributed by atoms with Crippen molar-refractivity contribution in [2.45, 2.75) is 38.5 Å². The Morgan fingerprint density at radius 1 is 1.17 bits per heavy atom. The third-order valence-electron chi connectivity index (χ3n) is 8.05. The van der Waals surface area contributed by atoms with Crippen LogP contribution >= 0.6 is 0 Å². The highest BCUT2D eigenvalue weighted by Crippen LogP contribution is 2.56. The molecule has 4 aromatic rings. The summed E-state index contributed by atoms with van der Waals surface area (Å²) in [5, 5.41) is 18.3. The average molecular weight is 466 g/mol. The van der Waals surface area contributed by atoms with E-state index in [9.17, 15) is 14.4 Å². The summed E-state index contributed by atoms with van der Waals surface area (Å²) in [5.41, 5.74) is 4.81. The normalized spacial score (nSPS) is 25.7. The minimum Gasteiger partial charge on any atom is -0.298 e. The Balaban J connectivity index is 1.67. The van der Waals surface area contributed by atoms with E-state index < -0.39 is 11.3 Å². The maximum atomic E-state index is 14.0. The Morgan fingerprint density at radius 3 is 2.74 bits per heavy atom. The van der Waals surface area contributed by atoms with Gasteiger partial charge in [0.15, 0.2) is 5.78 Å². The van der Waals surface area contributed by atoms with Crippen LogP contribution in [0.5, 0.6) is 0 Å². The second-order valence-corrected chi connectivity index (χ2v) is 9.79. The Kier molecular flexibility index (Phi) is 4.82. The lowest BCUT2D eigenvalue weighted by molar-refractivity contribution is -0.131. The van der Waals surface area contributed by atoms with Gasteiger partial charge < -0.3 is 0 Å². The van der Waals surface area contributed by atoms with Crippen molar-refractivity contribution in [3.63, 3.8) is 0 Å². The fourth-order valence-corrected chi connectivity index (χ4v) is 6.50. The van der Waals surface area contributed by atoms with E-state index in [2.05, 4.69) is 16.3 Å². The van der Waals surface area contributed by atoms with E-state index in [4.69, 9.17) is 9.97 Å². The molecule has 1 fully saturated rings. The van der Waals surface area contributed by atoms with E-state index in [0.29, 0.717) is 12.2 Å². The third kappa shape index (κ3) is 3.06. The van der Waals surface area contributed by atoms with E-state index in [1.165, 1.54) is 12.1 Å². The highest BCUT2D eigenvalue weighted by Gasteiger charge is 2.56. The molecule has 2 heterocycles. The molecule has 4 atom stereocenters. The lowest BCUT2D eigenvalue weighted by Crippen LogP contribution is -2.53. The molecule has 0 spiro atoms. The maximum Gasteiger partial charge on any atom is 0.153 e. The summed E-state index contributed by atoms with van der Waals surface area (Å²) >= 11 is 0. The molecular weight excluding hydrogens is 441 g/mol. The van der Waals surface area contributed by atoms with Crippen molar-refractivity contribution in [2.75, 3.05) is 0 Å². The standard InChI is InChI=1S/C28H24FN5O/c1-15-23-11-10-22-25(21-5-3-4-17-14-31-34-24(17)21)32-16(2)33-27(22)28(23,12-18(13-30)26(15)35)19-6-8-20(29)9-7-19/h3-9,14-15,18,23H,10-12H2,1-2H3,(H,31,34)/t15-,18?,23-,28+/m0/s1. The number of aromatic amines is 1. The Morgan fingerprint density at radius 2 is 1.97 bits per heavy atom. The lowest BCUT2D eigenvalue weighted by Gasteiger charge is -2.51. The number of benzene rings is 2. The smallest absolute Gasteiger partial charge is 0.153 e. The van der Waals surface area contributed by atoms with Crippen molar-refractivity contribution in [1.82, 2.24) is 20.2 Å². The summed E-state index contributed by atoms with van der Waals surface area (Å²) in [4.78, 5) is 23.0. The zero-order valence-corrected chi connectivity index (χ0v) is 19.5. The average Bonchev–Trinajstić information content (AvgIpc) is 3.35. The number of nitrogens with zero attached hydrogens (tertiary/aromatic N) is 4. The fourth-order valence-electron chi connectivity index (χ4n) is 6.50. The molecule has 2 aromatic carbocycles. The van der Waals surface area contributed by atoms with E-state index >= 15 is 0 Å². The third-order valence-corrected chi connectivity index (χ3v) is 8.05. The number of para-hydroxylation sites is 1. The first-order valence-electron chi connectivity index (χ1n) is 11.9. The number of hydrogen-bond donors (Lipinski definition) is 1. The van der Waals surface area contributed by atoms with Crippen LogP contribution in [-0.4, -0.2) is 25.9 Å². The Labute approximate surface area is 202 Å². The molecule has 1 unspecified atom stereocenters. The second kappa shape index (κ2) is 7.81. The number of nitrogens with one attached hydrogen (secondary N) is 1. The monoisotopic (exact) mass is 465 g/mol. The van der Waals surface area contributed by atoms with E-state index in [-0.39, 0.29) is 23.4 Å². The van der Waals surface area contributed by atoms with Crippen LogP contribution in [0.25, 0.3) is 22.2 Å². The number of carbonyl (C=O) groups excluding carboxylic acids is 1. The number of fused-ring (bicyclic) bond motifs is 4. The van der Waals surface area contributed by atoms with Crippen LogP contribution < -0.4 is 0 Å². The molecule has 6 nitrogen and oxygen atoms in total. The number of aryl methyl sites for hydroxylation is 1. The number of rotatable bonds is 2. The lowest BCUT2D eigenvalue weighted by atomic mass is 9.50. The highest BCUT2D eigenvalue weighted by molar-refractivity contribution is 5.93. The molecule has 0 radical (unpaired) electrons. The molecule has 2 aliphatic rings. The summed E-state index contributed by atoms with van der Waals surface area (Å²) in [6.07, 6.45) is 3.60. The van der Waals surface area contributed by atoms with Gasteiger partial charge in [0, 0.05) is 27.8 Å². The van der Waals surface area contributed by atoms with Gasteiger partial charge in [0.05, 0.1) is 29.2 Å². The highest BCUT2D eigenvalue weighted by atomic mass is 19.1. The summed E-state index contributed by atoms with van der Waals surface area (Å²) < 4.78 is 14.0. The van der Waals surface area contributed by atoms with Gasteiger partial charge in [-0.3, -0.25) is 9.89 Å². The molecule has 0 saturated heterocycles. The Bertz CT molecular complexity index is 1520. The predicted octanol–water partition coefficient (Wildman–Crippen LogP) is 5.06. The number of ketones is 1. The van der Waals surface area contributed by atoms with Crippen molar-refractivity contribution >= 4 is 16.7 Å². The second-order valence-electron chi connectivity index (χ2n) is 9.79. The van der Waals surface area contributed by atoms with Crippen LogP contribution in [-0.2, 0) is 16.6 Å². The first kappa shape index (κ1) is 21.6. The largest absolute Gasteiger partial charge is 0.298 e. The maximum absolute atomic E-state index is 14.0. The molecule has 1 N–H and O–H groups in total. The van der Waals surface area contributed by atoms with Gasteiger partial charge in [-0.1, -0.05) is 37.3 Å². The zero-order chi connectivity index (χ0) is 24.3. The van der Waals surface area contributed by atoms with E-state index in [1.54, 1.807) is 18.3 Å². The Hall–Kier alpha value is -3.92. The molecule has 35 heavy (non-hydrogen) atoms. The number of carbonyl (C=O) groups is 1. The molecule has 174 valence electrons. The van der Waals surface area contributed by atoms with Crippen LogP contribution in [0.3, 0.4) is 0 Å². The number of nitriles is 1. The van der Waals surface area contributed by atoms with Crippen molar-refractivity contribution in [3.05, 3.63) is 77.1 Å². The molecule has 2 aliphatic carbocycles. The van der Waals surface area contributed by atoms with Gasteiger partial charge in [-0.25, -0.2) is 14.4 Å². The van der Waals surface area contributed by atoms with Gasteiger partial charge in [-0.2, -0.15) is 10.4 Å². The van der Waals surface area contributed by atoms with Crippen molar-refractivity contribution in [1.29, 1.82) is 5.26 Å². The molecule has 7 heteroatoms. The summed E-state index contributed by atoms with van der Waals surface area (Å²) in [5.74, 6) is -0.793. The number of hydrogen-bond acceptors (Lipinski definition) is 5. The van der Waals surface area contributed by atoms with Crippen molar-refractivity contribution in [3.8, 4) is 17.3 Å². The SMILES string of the molecule is Cc1nc(-c2cccc3cn[nH]c23)c2c(n1)[C@@]1(c3ccc(F)cc3)CC(C#N)C(=O)[C@@H](C)[C@@H]1CC2. The molecule has 1 saturated carbocycles. The van der Waals surface area contributed by atoms with Crippen LogP contribution in [0, 0.1) is 41.8 Å². The van der Waals surface area contributed by atoms with Gasteiger partial charge >= 0.3 is 0 Å². The van der Waals surface area contributed by atoms with Gasteiger partial charge in [0.25, 0.3) is 0 Å². The topological polar surface area (TPSA) is 95.3 Å². The molecular formula is C28H24FN5O. The quantitative estimate of drug-likeness (QED) is 0.446. The minimum absolute atomic E-state index is 0.00749. The van der Waals surface area contributed by atoms with E-state index in [1.807, 2.05) is 32.0 Å². The first-order valence-corrected chi connectivity index (χ1v) is 11.9. The summed E-state index contributed by atoms with van der Waals surface area (Å²) in [6, 6.07) is 14.8. The molecule has 0 aliphatic heterocycles. The minimum atomic E-state index is -0.744. The number of Topliss-reactive ketones (excluding diaryl/α,β-unsaturated/α-hetero) is 1. The fraction of sp³-hybridized carbons (Fsp3) is 0.321. The summed E-state index contributed by atoms with van der Waals surface area (Å²) in [6.45, 7) is 3.80. The zero-order valence-electron chi connectivity index (χ0n) is 19.5. The van der Waals surface area contributed by atoms with Gasteiger partial charge in [0.1, 0.15) is 17.6 Å². The van der Waals surface area contributed by atoms with Crippen LogP contribution in [0.1, 0.15) is 42.4 Å². The van der Waals surface area contributed by atoms with Crippen molar-refractivity contribution in [2.24, 2.45) is 17.8 Å². The summed E-state index contributed by atoms with van der Waals surface area (Å²) in [7, 11) is 0. The van der Waals surface area contributed by atoms with Crippen LogP contribution in [0.15, 0.2) is 48.7 Å². The molecule has 6 rings (SSSR count). The van der Waals surface area contributed by atoms with Gasteiger partial charge in [-0.15, -0.1) is 0 Å². The molecule has 0 bridgehead atoms. The van der Waals surface area contributed by atoms with E-state index in [0.717, 1.165) is 51.8 Å².